The van der Waals surface area contributed by atoms with Crippen LogP contribution in [0.4, 0.5) is 0 Å². The molecule has 7 amide bonds. The van der Waals surface area contributed by atoms with E-state index in [2.05, 4.69) is 44.1 Å². The molecule has 16 N–H and O–H groups in total. The predicted octanol–water partition coefficient (Wildman–Crippen LogP) is 0.994. The van der Waals surface area contributed by atoms with Crippen molar-refractivity contribution in [1.82, 2.24) is 37.2 Å². The molecule has 1 heterocycles. The highest BCUT2D eigenvalue weighted by molar-refractivity contribution is 5.98. The van der Waals surface area contributed by atoms with Gasteiger partial charge in [0.25, 0.3) is 0 Å². The summed E-state index contributed by atoms with van der Waals surface area (Å²) >= 11 is 0. The Morgan fingerprint density at radius 2 is 1.12 bits per heavy atom. The third-order valence-corrected chi connectivity index (χ3v) is 13.9. The van der Waals surface area contributed by atoms with E-state index in [0.717, 1.165) is 37.7 Å². The van der Waals surface area contributed by atoms with Gasteiger partial charge in [-0.15, -0.1) is 0 Å². The van der Waals surface area contributed by atoms with E-state index in [4.69, 9.17) is 22.9 Å². The Hall–Kier alpha value is -6.13. The van der Waals surface area contributed by atoms with Crippen molar-refractivity contribution in [2.24, 2.45) is 40.7 Å². The van der Waals surface area contributed by atoms with Crippen LogP contribution in [-0.4, -0.2) is 133 Å². The number of nitrogens with two attached hydrogens (primary N) is 4. The fourth-order valence-electron chi connectivity index (χ4n) is 9.45. The van der Waals surface area contributed by atoms with Gasteiger partial charge in [-0.1, -0.05) is 114 Å². The maximum atomic E-state index is 14.6. The second kappa shape index (κ2) is 36.9. The lowest BCUT2D eigenvalue weighted by molar-refractivity contribution is -0.136. The number of aliphatic hydroxyl groups is 1. The molecule has 1 fully saturated rings. The van der Waals surface area contributed by atoms with Crippen LogP contribution in [0.5, 0.6) is 0 Å². The summed E-state index contributed by atoms with van der Waals surface area (Å²) < 4.78 is 0. The molecule has 1 aliphatic heterocycles. The zero-order valence-corrected chi connectivity index (χ0v) is 46.2. The summed E-state index contributed by atoms with van der Waals surface area (Å²) in [4.78, 5) is 128. The summed E-state index contributed by atoms with van der Waals surface area (Å²) in [5, 5.41) is 30.0. The lowest BCUT2D eigenvalue weighted by Gasteiger charge is -2.28. The van der Waals surface area contributed by atoms with Crippen molar-refractivity contribution in [2.45, 2.75) is 179 Å². The average Bonchev–Trinajstić information content (AvgIpc) is 3.40. The Kier molecular flexibility index (Phi) is 31.3. The van der Waals surface area contributed by atoms with E-state index in [1.165, 1.54) is 0 Å². The van der Waals surface area contributed by atoms with Crippen LogP contribution < -0.4 is 60.2 Å². The zero-order valence-electron chi connectivity index (χ0n) is 46.2. The quantitative estimate of drug-likeness (QED) is 0.0556. The van der Waals surface area contributed by atoms with E-state index < -0.39 is 120 Å². The lowest BCUT2D eigenvalue weighted by Crippen LogP contribution is -2.59. The highest BCUT2D eigenvalue weighted by atomic mass is 16.3. The van der Waals surface area contributed by atoms with Crippen LogP contribution in [0, 0.1) is 17.8 Å². The summed E-state index contributed by atoms with van der Waals surface area (Å²) in [6, 6.07) is 10.9. The van der Waals surface area contributed by atoms with Crippen molar-refractivity contribution in [3.63, 3.8) is 0 Å². The SMILES string of the molecule is CCCCCCC[C@@H](O)CC(=O)N[C@H](CCN)C(=O)C[C@H]1CCNC(=O)[C@H](CCc2ccccc2)NC(=O)[C@H](CCN)NC(=O)[C@H](CCN)NC(=O)[C@H](CC(C)C)NC(=O)[C@@H](Cc2ccccc2)CC(=O)[C@H](CCN)NC1=O. The van der Waals surface area contributed by atoms with Gasteiger partial charge in [0.05, 0.1) is 24.6 Å². The van der Waals surface area contributed by atoms with Gasteiger partial charge < -0.3 is 65.3 Å². The fourth-order valence-corrected chi connectivity index (χ4v) is 9.45. The first kappa shape index (κ1) is 66.2. The Bertz CT molecular complexity index is 2190. The molecule has 0 radical (unpaired) electrons. The molecular formula is C57H91N11O10. The summed E-state index contributed by atoms with van der Waals surface area (Å²) in [6.07, 6.45) is 3.55. The number of aliphatic hydroxyl groups excluding tert-OH is 1. The number of benzene rings is 2. The molecule has 0 spiro atoms. The molecule has 0 aliphatic carbocycles. The standard InChI is InChI=1S/C57H91N11O10/c1-4-5-6-7-14-19-42(69)36-51(72)63-43(22-27-58)49(70)34-40-26-31-62-54(75)45(21-20-38-15-10-8-11-16-38)65-55(76)46(24-29-60)66-56(77)47(25-30-61)67-57(78)48(32-37(2)3)68-53(74)41(33-39-17-12-9-13-18-39)35-50(71)44(23-28-59)64-52(40)73/h8-13,15-18,37,40-48,69H,4-7,14,19-36,58-61H2,1-3H3,(H,62,75)(H,63,72)(H,64,73)(H,65,76)(H,66,77)(H,67,78)(H,68,74)/t40-,41+,42-,43-,44+,45+,46+,47+,48+/m1/s1. The van der Waals surface area contributed by atoms with Crippen LogP contribution in [0.3, 0.4) is 0 Å². The monoisotopic (exact) mass is 1090 g/mol. The third-order valence-electron chi connectivity index (χ3n) is 13.9. The topological polar surface area (TPSA) is 362 Å². The van der Waals surface area contributed by atoms with E-state index in [9.17, 15) is 48.3 Å². The maximum Gasteiger partial charge on any atom is 0.243 e. The minimum absolute atomic E-state index is 0.00251. The number of carbonyl (C=O) groups is 9. The lowest BCUT2D eigenvalue weighted by atomic mass is 9.89. The zero-order chi connectivity index (χ0) is 57.4. The Morgan fingerprint density at radius 1 is 0.603 bits per heavy atom. The van der Waals surface area contributed by atoms with Crippen molar-refractivity contribution in [1.29, 1.82) is 0 Å². The highest BCUT2D eigenvalue weighted by Crippen LogP contribution is 2.20. The number of aryl methyl sites for hydroxylation is 1. The predicted molar refractivity (Wildman–Crippen MR) is 298 cm³/mol. The van der Waals surface area contributed by atoms with Gasteiger partial charge in [-0.05, 0) is 107 Å². The molecule has 2 aromatic rings. The van der Waals surface area contributed by atoms with Gasteiger partial charge in [-0.25, -0.2) is 0 Å². The van der Waals surface area contributed by atoms with Crippen LogP contribution in [0.25, 0.3) is 0 Å². The van der Waals surface area contributed by atoms with E-state index >= 15 is 0 Å². The molecule has 3 rings (SSSR count). The molecule has 0 aromatic heterocycles. The molecule has 0 saturated carbocycles. The smallest absolute Gasteiger partial charge is 0.243 e. The summed E-state index contributed by atoms with van der Waals surface area (Å²) in [7, 11) is 0. The van der Waals surface area contributed by atoms with Crippen molar-refractivity contribution in [3.8, 4) is 0 Å². The molecule has 2 aromatic carbocycles. The Morgan fingerprint density at radius 3 is 1.68 bits per heavy atom. The first-order valence-electron chi connectivity index (χ1n) is 28.1. The normalized spacial score (nSPS) is 22.5. The molecule has 434 valence electrons. The third kappa shape index (κ3) is 24.7. The van der Waals surface area contributed by atoms with Gasteiger partial charge in [-0.2, -0.15) is 0 Å². The summed E-state index contributed by atoms with van der Waals surface area (Å²) in [6.45, 7) is 5.45. The molecule has 21 heteroatoms. The second-order valence-electron chi connectivity index (χ2n) is 21.0. The number of nitrogens with one attached hydrogen (secondary N) is 7. The first-order valence-corrected chi connectivity index (χ1v) is 28.1. The molecule has 78 heavy (non-hydrogen) atoms. The van der Waals surface area contributed by atoms with Crippen LogP contribution in [-0.2, 0) is 56.0 Å². The van der Waals surface area contributed by atoms with Crippen LogP contribution >= 0.6 is 0 Å². The highest BCUT2D eigenvalue weighted by Gasteiger charge is 2.36. The van der Waals surface area contributed by atoms with Gasteiger partial charge in [0.2, 0.25) is 41.4 Å². The number of hydrogen-bond acceptors (Lipinski definition) is 14. The fraction of sp³-hybridized carbons (Fsp3) is 0.632. The van der Waals surface area contributed by atoms with Crippen LogP contribution in [0.15, 0.2) is 60.7 Å². The van der Waals surface area contributed by atoms with Crippen molar-refractivity contribution in [3.05, 3.63) is 71.8 Å². The van der Waals surface area contributed by atoms with E-state index in [1.807, 2.05) is 44.2 Å². The van der Waals surface area contributed by atoms with Gasteiger partial charge in [-0.3, -0.25) is 43.2 Å². The first-order chi connectivity index (χ1) is 37.4. The Balaban J connectivity index is 2.11. The molecule has 0 unspecified atom stereocenters. The number of carbonyl (C=O) groups excluding carboxylic acids is 9. The van der Waals surface area contributed by atoms with Crippen LogP contribution in [0.2, 0.25) is 0 Å². The van der Waals surface area contributed by atoms with Crippen molar-refractivity contribution in [2.75, 3.05) is 32.7 Å². The number of hydrogen-bond donors (Lipinski definition) is 12. The molecular weight excluding hydrogens is 999 g/mol. The number of Topliss-reactive ketones (excluding diaryl/α,β-unsaturated/α-hetero) is 2. The number of ketones is 2. The van der Waals surface area contributed by atoms with Crippen LogP contribution in [0.1, 0.15) is 135 Å². The summed E-state index contributed by atoms with van der Waals surface area (Å²) in [5.74, 6) is -8.30. The minimum Gasteiger partial charge on any atom is -0.393 e. The maximum absolute atomic E-state index is 14.6. The van der Waals surface area contributed by atoms with Gasteiger partial charge >= 0.3 is 0 Å². The van der Waals surface area contributed by atoms with Gasteiger partial charge in [0.15, 0.2) is 11.6 Å². The molecule has 21 nitrogen and oxygen atoms in total. The van der Waals surface area contributed by atoms with Gasteiger partial charge in [0.1, 0.15) is 24.2 Å². The van der Waals surface area contributed by atoms with E-state index in [1.54, 1.807) is 30.3 Å². The summed E-state index contributed by atoms with van der Waals surface area (Å²) in [5.41, 5.74) is 25.4. The van der Waals surface area contributed by atoms with E-state index in [0.29, 0.717) is 18.4 Å². The molecule has 9 atom stereocenters. The van der Waals surface area contributed by atoms with Gasteiger partial charge in [0, 0.05) is 31.2 Å². The molecule has 1 saturated heterocycles. The molecule has 1 aliphatic rings. The average molecular weight is 1090 g/mol. The van der Waals surface area contributed by atoms with E-state index in [-0.39, 0.29) is 96.4 Å². The number of amides is 7. The minimum atomic E-state index is -1.27. The second-order valence-corrected chi connectivity index (χ2v) is 21.0. The largest absolute Gasteiger partial charge is 0.393 e. The number of rotatable bonds is 27. The number of unbranched alkanes of at least 4 members (excludes halogenated alkanes) is 4. The van der Waals surface area contributed by atoms with Crippen molar-refractivity contribution < 1.29 is 48.3 Å². The van der Waals surface area contributed by atoms with Crippen molar-refractivity contribution >= 4 is 52.9 Å². The molecule has 0 bridgehead atoms. The Labute approximate surface area is 460 Å².